The maximum Gasteiger partial charge on any atom is 0.253 e. The number of aryl methyl sites for hydroxylation is 1. The number of furan rings is 1. The zero-order valence-corrected chi connectivity index (χ0v) is 17.0. The number of hydrazone groups is 1. The molecule has 0 bridgehead atoms. The molecule has 1 aliphatic rings. The fourth-order valence-electron chi connectivity index (χ4n) is 2.97. The number of hydrogen-bond donors (Lipinski definition) is 0. The van der Waals surface area contributed by atoms with Crippen LogP contribution in [0.4, 0.5) is 0 Å². The summed E-state index contributed by atoms with van der Waals surface area (Å²) in [4.78, 5) is 14.9. The first-order valence-corrected chi connectivity index (χ1v) is 10.7. The number of rotatable bonds is 5. The summed E-state index contributed by atoms with van der Waals surface area (Å²) in [5.74, 6) is 0.949. The van der Waals surface area contributed by atoms with Crippen LogP contribution in [0.3, 0.4) is 0 Å². The van der Waals surface area contributed by atoms with Gasteiger partial charge in [0.1, 0.15) is 11.8 Å². The van der Waals surface area contributed by atoms with Crippen molar-refractivity contribution in [1.82, 2.24) is 5.01 Å². The smallest absolute Gasteiger partial charge is 0.253 e. The molecule has 4 rings (SSSR count). The van der Waals surface area contributed by atoms with E-state index in [1.54, 1.807) is 22.6 Å². The molecule has 138 valence electrons. The Morgan fingerprint density at radius 3 is 2.96 bits per heavy atom. The predicted molar refractivity (Wildman–Crippen MR) is 111 cm³/mol. The summed E-state index contributed by atoms with van der Waals surface area (Å²) in [5.41, 5.74) is 1.92. The van der Waals surface area contributed by atoms with Gasteiger partial charge < -0.3 is 4.42 Å². The van der Waals surface area contributed by atoms with E-state index in [1.807, 2.05) is 54.8 Å². The van der Waals surface area contributed by atoms with Crippen LogP contribution in [0.1, 0.15) is 28.7 Å². The quantitative estimate of drug-likeness (QED) is 0.496. The Morgan fingerprint density at radius 2 is 2.22 bits per heavy atom. The fourth-order valence-corrected chi connectivity index (χ4v) is 4.86. The van der Waals surface area contributed by atoms with Crippen LogP contribution in [-0.2, 0) is 4.79 Å². The van der Waals surface area contributed by atoms with Gasteiger partial charge in [-0.2, -0.15) is 5.10 Å². The molecule has 0 fully saturated rings. The van der Waals surface area contributed by atoms with Crippen molar-refractivity contribution in [3.8, 4) is 0 Å². The van der Waals surface area contributed by atoms with Crippen LogP contribution < -0.4 is 0 Å². The third-order valence-corrected chi connectivity index (χ3v) is 6.93. The van der Waals surface area contributed by atoms with Crippen molar-refractivity contribution in [1.29, 1.82) is 0 Å². The number of amides is 1. The molecule has 1 atom stereocenters. The highest BCUT2D eigenvalue weighted by atomic mass is 35.5. The van der Waals surface area contributed by atoms with E-state index in [-0.39, 0.29) is 17.7 Å². The minimum atomic E-state index is -0.210. The highest BCUT2D eigenvalue weighted by Crippen LogP contribution is 2.36. The zero-order valence-electron chi connectivity index (χ0n) is 14.6. The lowest BCUT2D eigenvalue weighted by molar-refractivity contribution is -0.130. The monoisotopic (exact) mass is 416 g/mol. The van der Waals surface area contributed by atoms with Crippen LogP contribution in [-0.4, -0.2) is 22.4 Å². The van der Waals surface area contributed by atoms with Crippen molar-refractivity contribution < 1.29 is 9.21 Å². The third-order valence-electron chi connectivity index (χ3n) is 4.35. The molecule has 1 unspecified atom stereocenters. The molecule has 1 amide bonds. The third kappa shape index (κ3) is 3.83. The van der Waals surface area contributed by atoms with E-state index in [9.17, 15) is 4.79 Å². The molecule has 0 spiro atoms. The molecule has 2 aromatic heterocycles. The Bertz CT molecular complexity index is 968. The molecular weight excluding hydrogens is 400 g/mol. The number of benzene rings is 1. The van der Waals surface area contributed by atoms with Gasteiger partial charge in [-0.3, -0.25) is 4.79 Å². The van der Waals surface area contributed by atoms with Crippen molar-refractivity contribution in [2.45, 2.75) is 24.3 Å². The molecule has 4 nitrogen and oxygen atoms in total. The number of nitrogens with zero attached hydrogens (tertiary/aromatic N) is 2. The molecule has 7 heteroatoms. The summed E-state index contributed by atoms with van der Waals surface area (Å²) in [6, 6.07) is 13.4. The van der Waals surface area contributed by atoms with Crippen molar-refractivity contribution in [2.75, 3.05) is 5.75 Å². The second kappa shape index (κ2) is 7.92. The van der Waals surface area contributed by atoms with Gasteiger partial charge in [0.05, 0.1) is 27.6 Å². The molecule has 3 aromatic rings. The normalized spacial score (nSPS) is 16.6. The number of carbonyl (C=O) groups is 1. The van der Waals surface area contributed by atoms with Crippen LogP contribution in [0.2, 0.25) is 5.02 Å². The van der Waals surface area contributed by atoms with Gasteiger partial charge in [-0.15, -0.1) is 23.1 Å². The van der Waals surface area contributed by atoms with Crippen molar-refractivity contribution in [3.63, 3.8) is 0 Å². The molecule has 0 radical (unpaired) electrons. The molecule has 27 heavy (non-hydrogen) atoms. The average Bonchev–Trinajstić information content (AvgIpc) is 3.41. The van der Waals surface area contributed by atoms with Gasteiger partial charge in [0.15, 0.2) is 0 Å². The second-order valence-electron chi connectivity index (χ2n) is 6.17. The summed E-state index contributed by atoms with van der Waals surface area (Å²) in [5, 5.41) is 8.89. The highest BCUT2D eigenvalue weighted by Gasteiger charge is 2.35. The number of hydrogen-bond acceptors (Lipinski definition) is 5. The highest BCUT2D eigenvalue weighted by molar-refractivity contribution is 8.00. The van der Waals surface area contributed by atoms with Crippen LogP contribution in [0.25, 0.3) is 0 Å². The minimum Gasteiger partial charge on any atom is -0.467 e. The van der Waals surface area contributed by atoms with E-state index in [2.05, 4.69) is 5.10 Å². The lowest BCUT2D eigenvalue weighted by atomic mass is 10.1. The van der Waals surface area contributed by atoms with E-state index >= 15 is 0 Å². The lowest BCUT2D eigenvalue weighted by Crippen LogP contribution is -2.28. The van der Waals surface area contributed by atoms with E-state index in [0.717, 1.165) is 26.8 Å². The lowest BCUT2D eigenvalue weighted by Gasteiger charge is -2.19. The number of thioether (sulfide) groups is 1. The van der Waals surface area contributed by atoms with Crippen LogP contribution >= 0.6 is 34.7 Å². The summed E-state index contributed by atoms with van der Waals surface area (Å²) in [6.45, 7) is 1.96. The topological polar surface area (TPSA) is 45.8 Å². The Kier molecular flexibility index (Phi) is 5.38. The van der Waals surface area contributed by atoms with Gasteiger partial charge in [-0.1, -0.05) is 29.8 Å². The van der Waals surface area contributed by atoms with Gasteiger partial charge in [0, 0.05) is 11.3 Å². The van der Waals surface area contributed by atoms with Gasteiger partial charge in [0.25, 0.3) is 5.91 Å². The van der Waals surface area contributed by atoms with Gasteiger partial charge in [-0.25, -0.2) is 5.01 Å². The summed E-state index contributed by atoms with van der Waals surface area (Å²) in [7, 11) is 0. The fraction of sp³-hybridized carbons (Fsp3) is 0.200. The van der Waals surface area contributed by atoms with E-state index in [0.29, 0.717) is 11.4 Å². The second-order valence-corrected chi connectivity index (χ2v) is 8.52. The molecule has 0 aliphatic carbocycles. The number of halogens is 1. The number of carbonyl (C=O) groups excluding carboxylic acids is 1. The maximum atomic E-state index is 13.0. The molecule has 1 aliphatic heterocycles. The standard InChI is InChI=1S/C20H17ClN2O2S2/c1-13-5-2-7-18(20(13)21)27-12-19(24)23-15(16-6-3-9-25-16)11-14(22-23)17-8-4-10-26-17/h2-10,15H,11-12H2,1H3. The molecular formula is C20H17ClN2O2S2. The summed E-state index contributed by atoms with van der Waals surface area (Å²) >= 11 is 9.41. The van der Waals surface area contributed by atoms with E-state index in [1.165, 1.54) is 11.8 Å². The van der Waals surface area contributed by atoms with Crippen LogP contribution in [0.15, 0.2) is 68.5 Å². The molecule has 0 saturated heterocycles. The van der Waals surface area contributed by atoms with Crippen molar-refractivity contribution in [3.05, 3.63) is 75.3 Å². The Hall–Kier alpha value is -2.02. The molecule has 0 saturated carbocycles. The SMILES string of the molecule is Cc1cccc(SCC(=O)N2N=C(c3cccs3)CC2c2ccco2)c1Cl. The van der Waals surface area contributed by atoms with Crippen molar-refractivity contribution >= 4 is 46.3 Å². The Balaban J connectivity index is 1.54. The summed E-state index contributed by atoms with van der Waals surface area (Å²) in [6.07, 6.45) is 2.28. The Labute approximate surface area is 170 Å². The zero-order chi connectivity index (χ0) is 18.8. The number of thiophene rings is 1. The molecule has 3 heterocycles. The van der Waals surface area contributed by atoms with Crippen LogP contribution in [0, 0.1) is 6.92 Å². The van der Waals surface area contributed by atoms with Crippen LogP contribution in [0.5, 0.6) is 0 Å². The largest absolute Gasteiger partial charge is 0.467 e. The van der Waals surface area contributed by atoms with Gasteiger partial charge in [0.2, 0.25) is 0 Å². The first kappa shape index (κ1) is 18.3. The van der Waals surface area contributed by atoms with E-state index < -0.39 is 0 Å². The van der Waals surface area contributed by atoms with Gasteiger partial charge >= 0.3 is 0 Å². The molecule has 0 N–H and O–H groups in total. The van der Waals surface area contributed by atoms with Gasteiger partial charge in [-0.05, 0) is 42.1 Å². The molecule has 1 aromatic carbocycles. The van der Waals surface area contributed by atoms with E-state index in [4.69, 9.17) is 16.0 Å². The summed E-state index contributed by atoms with van der Waals surface area (Å²) < 4.78 is 5.57. The minimum absolute atomic E-state index is 0.0643. The van der Waals surface area contributed by atoms with Crippen molar-refractivity contribution in [2.24, 2.45) is 5.10 Å². The Morgan fingerprint density at radius 1 is 1.33 bits per heavy atom. The first-order chi connectivity index (χ1) is 13.1. The average molecular weight is 417 g/mol. The maximum absolute atomic E-state index is 13.0. The first-order valence-electron chi connectivity index (χ1n) is 8.48. The predicted octanol–water partition coefficient (Wildman–Crippen LogP) is 5.77.